The number of anilines is 1. The molecule has 2 aromatic rings. The molecule has 9 heteroatoms. The van der Waals surface area contributed by atoms with Crippen molar-refractivity contribution in [1.82, 2.24) is 0 Å². The zero-order valence-corrected chi connectivity index (χ0v) is 12.6. The van der Waals surface area contributed by atoms with Gasteiger partial charge in [-0.3, -0.25) is 4.79 Å². The van der Waals surface area contributed by atoms with Crippen molar-refractivity contribution in [2.24, 2.45) is 0 Å². The van der Waals surface area contributed by atoms with Crippen LogP contribution < -0.4 is 10.1 Å². The van der Waals surface area contributed by atoms with Gasteiger partial charge in [0.25, 0.3) is 5.91 Å². The van der Waals surface area contributed by atoms with Gasteiger partial charge in [0.15, 0.2) is 5.75 Å². The summed E-state index contributed by atoms with van der Waals surface area (Å²) < 4.78 is 55.7. The molecule has 0 spiro atoms. The topological polar surface area (TPSA) is 38.3 Å². The van der Waals surface area contributed by atoms with E-state index in [-0.39, 0.29) is 10.0 Å². The van der Waals surface area contributed by atoms with Gasteiger partial charge in [0.1, 0.15) is 11.6 Å². The van der Waals surface area contributed by atoms with Crippen molar-refractivity contribution in [1.29, 1.82) is 0 Å². The fourth-order valence-corrected chi connectivity index (χ4v) is 2.26. The van der Waals surface area contributed by atoms with E-state index in [2.05, 4.69) is 4.74 Å². The summed E-state index contributed by atoms with van der Waals surface area (Å²) in [4.78, 5) is 12.1. The maximum atomic E-state index is 13.5. The van der Waals surface area contributed by atoms with E-state index in [0.29, 0.717) is 0 Å². The van der Waals surface area contributed by atoms with Crippen LogP contribution in [-0.4, -0.2) is 12.5 Å². The average molecular weight is 368 g/mol. The first-order valence-corrected chi connectivity index (χ1v) is 6.73. The fraction of sp³-hybridized carbons (Fsp3) is 0.0714. The standard InChI is InChI=1S/C14H7Cl2F4NO2/c15-6-3-8(12(9(16)4-6)23-14(19)20)13(22)21-11-5-7(17)1-2-10(11)18/h1-5,14H,(H,21,22). The molecule has 0 saturated heterocycles. The molecule has 0 aromatic heterocycles. The summed E-state index contributed by atoms with van der Waals surface area (Å²) in [6.07, 6.45) is 0. The van der Waals surface area contributed by atoms with Crippen LogP contribution >= 0.6 is 23.2 Å². The Bertz CT molecular complexity index is 756. The summed E-state index contributed by atoms with van der Waals surface area (Å²) in [6, 6.07) is 4.49. The Morgan fingerprint density at radius 3 is 2.48 bits per heavy atom. The fourth-order valence-electron chi connectivity index (χ4n) is 1.72. The molecule has 0 aliphatic rings. The lowest BCUT2D eigenvalue weighted by Gasteiger charge is -2.13. The van der Waals surface area contributed by atoms with Crippen molar-refractivity contribution >= 4 is 34.8 Å². The molecule has 0 heterocycles. The van der Waals surface area contributed by atoms with Crippen molar-refractivity contribution in [2.75, 3.05) is 5.32 Å². The molecule has 0 saturated carbocycles. The maximum absolute atomic E-state index is 13.5. The van der Waals surface area contributed by atoms with Crippen LogP contribution in [0.25, 0.3) is 0 Å². The molecular formula is C14H7Cl2F4NO2. The first-order chi connectivity index (χ1) is 10.8. The molecule has 1 amide bonds. The van der Waals surface area contributed by atoms with Crippen LogP contribution in [0.3, 0.4) is 0 Å². The minimum Gasteiger partial charge on any atom is -0.432 e. The molecule has 0 unspecified atom stereocenters. The first kappa shape index (κ1) is 17.4. The van der Waals surface area contributed by atoms with E-state index in [9.17, 15) is 22.4 Å². The summed E-state index contributed by atoms with van der Waals surface area (Å²) in [7, 11) is 0. The predicted octanol–water partition coefficient (Wildman–Crippen LogP) is 5.13. The Balaban J connectivity index is 2.40. The smallest absolute Gasteiger partial charge is 0.387 e. The minimum absolute atomic E-state index is 0.0264. The number of hydrogen-bond donors (Lipinski definition) is 1. The third-order valence-electron chi connectivity index (χ3n) is 2.64. The van der Waals surface area contributed by atoms with Crippen molar-refractivity contribution in [3.05, 3.63) is 57.6 Å². The molecule has 23 heavy (non-hydrogen) atoms. The average Bonchev–Trinajstić information content (AvgIpc) is 2.45. The largest absolute Gasteiger partial charge is 0.432 e. The number of benzene rings is 2. The Morgan fingerprint density at radius 1 is 1.13 bits per heavy atom. The lowest BCUT2D eigenvalue weighted by molar-refractivity contribution is -0.0500. The Kier molecular flexibility index (Phi) is 5.33. The third-order valence-corrected chi connectivity index (χ3v) is 3.14. The highest BCUT2D eigenvalue weighted by Crippen LogP contribution is 2.34. The van der Waals surface area contributed by atoms with Gasteiger partial charge < -0.3 is 10.1 Å². The van der Waals surface area contributed by atoms with E-state index in [1.54, 1.807) is 0 Å². The van der Waals surface area contributed by atoms with Crippen molar-refractivity contribution < 1.29 is 27.1 Å². The Labute approximate surface area is 137 Å². The van der Waals surface area contributed by atoms with Gasteiger partial charge in [-0.1, -0.05) is 23.2 Å². The molecule has 0 aliphatic heterocycles. The molecule has 2 aromatic carbocycles. The lowest BCUT2D eigenvalue weighted by Crippen LogP contribution is -2.16. The van der Waals surface area contributed by atoms with E-state index >= 15 is 0 Å². The minimum atomic E-state index is -3.24. The molecule has 122 valence electrons. The van der Waals surface area contributed by atoms with Gasteiger partial charge in [-0.2, -0.15) is 8.78 Å². The second kappa shape index (κ2) is 7.06. The van der Waals surface area contributed by atoms with Gasteiger partial charge in [0, 0.05) is 11.1 Å². The zero-order chi connectivity index (χ0) is 17.1. The number of ether oxygens (including phenoxy) is 1. The molecule has 2 rings (SSSR count). The summed E-state index contributed by atoms with van der Waals surface area (Å²) in [5, 5.41) is 1.68. The zero-order valence-electron chi connectivity index (χ0n) is 11.0. The van der Waals surface area contributed by atoms with Gasteiger partial charge in [-0.05, 0) is 24.3 Å². The molecule has 0 radical (unpaired) electrons. The Hall–Kier alpha value is -1.99. The van der Waals surface area contributed by atoms with E-state index in [4.69, 9.17) is 23.2 Å². The van der Waals surface area contributed by atoms with Crippen molar-refractivity contribution in [3.63, 3.8) is 0 Å². The molecule has 0 atom stereocenters. The second-order valence-corrected chi connectivity index (χ2v) is 5.06. The maximum Gasteiger partial charge on any atom is 0.387 e. The number of amides is 1. The predicted molar refractivity (Wildman–Crippen MR) is 77.4 cm³/mol. The summed E-state index contributed by atoms with van der Waals surface area (Å²) >= 11 is 11.4. The second-order valence-electron chi connectivity index (χ2n) is 4.22. The first-order valence-electron chi connectivity index (χ1n) is 5.98. The van der Waals surface area contributed by atoms with Crippen LogP contribution in [0.2, 0.25) is 10.0 Å². The van der Waals surface area contributed by atoms with Gasteiger partial charge in [0.2, 0.25) is 0 Å². The molecule has 0 bridgehead atoms. The number of carbonyl (C=O) groups excluding carboxylic acids is 1. The van der Waals surface area contributed by atoms with Crippen molar-refractivity contribution in [2.45, 2.75) is 6.61 Å². The monoisotopic (exact) mass is 367 g/mol. The van der Waals surface area contributed by atoms with E-state index in [0.717, 1.165) is 30.3 Å². The molecule has 1 N–H and O–H groups in total. The quantitative estimate of drug-likeness (QED) is 0.761. The van der Waals surface area contributed by atoms with Gasteiger partial charge in [0.05, 0.1) is 16.3 Å². The normalized spacial score (nSPS) is 10.7. The number of nitrogens with one attached hydrogen (secondary N) is 1. The number of alkyl halides is 2. The molecular weight excluding hydrogens is 361 g/mol. The van der Waals surface area contributed by atoms with Crippen LogP contribution in [0, 0.1) is 11.6 Å². The summed E-state index contributed by atoms with van der Waals surface area (Å²) in [5.74, 6) is -3.38. The number of halogens is 6. The van der Waals surface area contributed by atoms with Gasteiger partial charge in [-0.25, -0.2) is 8.78 Å². The highest BCUT2D eigenvalue weighted by molar-refractivity contribution is 6.36. The SMILES string of the molecule is O=C(Nc1cc(F)ccc1F)c1cc(Cl)cc(Cl)c1OC(F)F. The van der Waals surface area contributed by atoms with Crippen LogP contribution in [0.4, 0.5) is 23.2 Å². The van der Waals surface area contributed by atoms with E-state index in [1.807, 2.05) is 5.32 Å². The van der Waals surface area contributed by atoms with Crippen LogP contribution in [0.1, 0.15) is 10.4 Å². The summed E-state index contributed by atoms with van der Waals surface area (Å²) in [5.41, 5.74) is -0.930. The highest BCUT2D eigenvalue weighted by Gasteiger charge is 2.21. The molecule has 3 nitrogen and oxygen atoms in total. The van der Waals surface area contributed by atoms with Crippen LogP contribution in [0.5, 0.6) is 5.75 Å². The summed E-state index contributed by atoms with van der Waals surface area (Å²) in [6.45, 7) is -3.24. The molecule has 0 aliphatic carbocycles. The molecule has 0 fully saturated rings. The van der Waals surface area contributed by atoms with E-state index < -0.39 is 41.2 Å². The highest BCUT2D eigenvalue weighted by atomic mass is 35.5. The van der Waals surface area contributed by atoms with Crippen LogP contribution in [0.15, 0.2) is 30.3 Å². The van der Waals surface area contributed by atoms with Gasteiger partial charge >= 0.3 is 6.61 Å². The number of carbonyl (C=O) groups is 1. The third kappa shape index (κ3) is 4.27. The number of rotatable bonds is 4. The lowest BCUT2D eigenvalue weighted by atomic mass is 10.1. The van der Waals surface area contributed by atoms with Gasteiger partial charge in [-0.15, -0.1) is 0 Å². The van der Waals surface area contributed by atoms with Crippen LogP contribution in [-0.2, 0) is 0 Å². The number of hydrogen-bond acceptors (Lipinski definition) is 2. The van der Waals surface area contributed by atoms with Crippen molar-refractivity contribution in [3.8, 4) is 5.75 Å². The van der Waals surface area contributed by atoms with E-state index in [1.165, 1.54) is 0 Å². The Morgan fingerprint density at radius 2 is 1.83 bits per heavy atom.